The summed E-state index contributed by atoms with van der Waals surface area (Å²) in [5, 5.41) is 23.3. The largest absolute Gasteiger partial charge is 0.478 e. The number of hydrogen-bond acceptors (Lipinski definition) is 6. The van der Waals surface area contributed by atoms with E-state index in [2.05, 4.69) is 33.1 Å². The number of carbonyl (C=O) groups excluding carboxylic acids is 2. The van der Waals surface area contributed by atoms with E-state index in [0.717, 1.165) is 42.1 Å². The molecule has 0 unspecified atom stereocenters. The van der Waals surface area contributed by atoms with Gasteiger partial charge in [-0.05, 0) is 90.0 Å². The lowest BCUT2D eigenvalue weighted by molar-refractivity contribution is -0.163. The topological polar surface area (TPSA) is 119 Å². The number of unbranched alkanes of at least 4 members (excludes halogenated alkanes) is 1. The van der Waals surface area contributed by atoms with Gasteiger partial charge in [0.25, 0.3) is 0 Å². The number of carboxylic acid groups (broad SMARTS) is 1. The third-order valence-corrected chi connectivity index (χ3v) is 9.95. The molecule has 5 rings (SSSR count). The molecule has 1 atom stereocenters. The van der Waals surface area contributed by atoms with Crippen LogP contribution in [0.3, 0.4) is 0 Å². The van der Waals surface area contributed by atoms with Gasteiger partial charge in [0.2, 0.25) is 11.8 Å². The highest BCUT2D eigenvalue weighted by Gasteiger charge is 2.54. The van der Waals surface area contributed by atoms with Gasteiger partial charge in [0.1, 0.15) is 23.1 Å². The van der Waals surface area contributed by atoms with Crippen LogP contribution in [-0.2, 0) is 16.1 Å². The van der Waals surface area contributed by atoms with Gasteiger partial charge < -0.3 is 25.2 Å². The van der Waals surface area contributed by atoms with E-state index >= 15 is 0 Å². The first-order valence-corrected chi connectivity index (χ1v) is 16.3. The zero-order valence-corrected chi connectivity index (χ0v) is 26.4. The number of nitrogens with one attached hydrogen (secondary N) is 1. The predicted octanol–water partition coefficient (Wildman–Crippen LogP) is 5.49. The number of benzene rings is 2. The van der Waals surface area contributed by atoms with E-state index in [9.17, 15) is 19.5 Å². The molecule has 3 fully saturated rings. The second kappa shape index (κ2) is 13.4. The summed E-state index contributed by atoms with van der Waals surface area (Å²) in [5.41, 5.74) is -0.436. The number of piperazine rings is 1. The SMILES string of the molecule is CCCCN1C(=O)[C@@H](CC2(O)CCCCC2)NC(=O)C12CCN(Cc1ccc(Oc3ccc(C(=O)O)cc3)c(Br)c1)CC2. The molecule has 1 saturated carbocycles. The van der Waals surface area contributed by atoms with Crippen LogP contribution in [0.2, 0.25) is 0 Å². The van der Waals surface area contributed by atoms with Gasteiger partial charge in [-0.1, -0.05) is 38.7 Å². The molecule has 43 heavy (non-hydrogen) atoms. The van der Waals surface area contributed by atoms with Crippen molar-refractivity contribution in [3.05, 3.63) is 58.1 Å². The summed E-state index contributed by atoms with van der Waals surface area (Å²) in [6.07, 6.45) is 7.60. The normalized spacial score (nSPS) is 21.9. The van der Waals surface area contributed by atoms with Crippen LogP contribution in [0.5, 0.6) is 11.5 Å². The molecule has 10 heteroatoms. The number of carbonyl (C=O) groups is 3. The number of amides is 2. The summed E-state index contributed by atoms with van der Waals surface area (Å²) >= 11 is 3.60. The fourth-order valence-corrected chi connectivity index (χ4v) is 7.31. The van der Waals surface area contributed by atoms with E-state index in [0.29, 0.717) is 69.8 Å². The number of carboxylic acids is 1. The minimum Gasteiger partial charge on any atom is -0.478 e. The Morgan fingerprint density at radius 3 is 2.37 bits per heavy atom. The van der Waals surface area contributed by atoms with Crippen LogP contribution in [-0.4, -0.2) is 74.6 Å². The molecule has 0 aromatic heterocycles. The van der Waals surface area contributed by atoms with Crippen LogP contribution in [0.4, 0.5) is 0 Å². The van der Waals surface area contributed by atoms with Crippen LogP contribution in [0.25, 0.3) is 0 Å². The molecule has 0 radical (unpaired) electrons. The van der Waals surface area contributed by atoms with Crippen LogP contribution >= 0.6 is 15.9 Å². The molecule has 2 heterocycles. The maximum absolute atomic E-state index is 13.8. The van der Waals surface area contributed by atoms with E-state index in [1.165, 1.54) is 12.1 Å². The average Bonchev–Trinajstić information content (AvgIpc) is 2.99. The molecule has 3 N–H and O–H groups in total. The van der Waals surface area contributed by atoms with Gasteiger partial charge in [-0.25, -0.2) is 4.79 Å². The standard InChI is InChI=1S/C33H42BrN3O6/c1-2-3-17-37-29(38)27(21-32(42)13-5-4-6-14-32)35-31(41)33(37)15-18-36(19-16-33)22-23-7-12-28(26(34)20-23)43-25-10-8-24(9-11-25)30(39)40/h7-12,20,27,42H,2-6,13-19,21-22H2,1H3,(H,35,41)(H,39,40)/t27-/m1/s1. The monoisotopic (exact) mass is 655 g/mol. The van der Waals surface area contributed by atoms with Crippen molar-refractivity contribution in [2.24, 2.45) is 0 Å². The zero-order valence-electron chi connectivity index (χ0n) is 24.8. The quantitative estimate of drug-likeness (QED) is 0.310. The number of hydrogen-bond donors (Lipinski definition) is 3. The molecule has 1 aliphatic carbocycles. The number of ether oxygens (including phenoxy) is 1. The number of piperidine rings is 1. The smallest absolute Gasteiger partial charge is 0.335 e. The van der Waals surface area contributed by atoms with Crippen LogP contribution < -0.4 is 10.1 Å². The van der Waals surface area contributed by atoms with E-state index in [1.807, 2.05) is 23.1 Å². The minimum absolute atomic E-state index is 0.0439. The number of likely N-dealkylation sites (tertiary alicyclic amines) is 1. The molecule has 232 valence electrons. The molecule has 2 amide bonds. The predicted molar refractivity (Wildman–Crippen MR) is 166 cm³/mol. The Morgan fingerprint density at radius 2 is 1.74 bits per heavy atom. The number of aromatic carboxylic acids is 1. The molecule has 2 aromatic carbocycles. The number of rotatable bonds is 10. The van der Waals surface area contributed by atoms with Gasteiger partial charge in [-0.2, -0.15) is 0 Å². The summed E-state index contributed by atoms with van der Waals surface area (Å²) in [7, 11) is 0. The number of halogens is 1. The van der Waals surface area contributed by atoms with Crippen molar-refractivity contribution in [1.82, 2.24) is 15.1 Å². The summed E-state index contributed by atoms with van der Waals surface area (Å²) in [4.78, 5) is 42.8. The summed E-state index contributed by atoms with van der Waals surface area (Å²) in [5.74, 6) is 0.0674. The van der Waals surface area contributed by atoms with Crippen molar-refractivity contribution in [2.45, 2.75) is 94.9 Å². The van der Waals surface area contributed by atoms with Crippen molar-refractivity contribution in [1.29, 1.82) is 0 Å². The second-order valence-electron chi connectivity index (χ2n) is 12.4. The maximum Gasteiger partial charge on any atom is 0.335 e. The van der Waals surface area contributed by atoms with Gasteiger partial charge in [0.05, 0.1) is 15.6 Å². The molecule has 2 aromatic rings. The molecule has 0 bridgehead atoms. The Balaban J connectivity index is 1.22. The molecule has 2 saturated heterocycles. The van der Waals surface area contributed by atoms with Crippen molar-refractivity contribution in [3.8, 4) is 11.5 Å². The summed E-state index contributed by atoms with van der Waals surface area (Å²) < 4.78 is 6.73. The Bertz CT molecular complexity index is 1320. The van der Waals surface area contributed by atoms with Crippen LogP contribution in [0, 0.1) is 0 Å². The van der Waals surface area contributed by atoms with Crippen LogP contribution in [0.1, 0.15) is 87.1 Å². The highest BCUT2D eigenvalue weighted by molar-refractivity contribution is 9.10. The van der Waals surface area contributed by atoms with Gasteiger partial charge in [-0.15, -0.1) is 0 Å². The van der Waals surface area contributed by atoms with E-state index < -0.39 is 23.2 Å². The fraction of sp³-hybridized carbons (Fsp3) is 0.545. The van der Waals surface area contributed by atoms with E-state index in [-0.39, 0.29) is 17.4 Å². The first-order chi connectivity index (χ1) is 20.6. The summed E-state index contributed by atoms with van der Waals surface area (Å²) in [6.45, 7) is 4.72. The molecule has 2 aliphatic heterocycles. The summed E-state index contributed by atoms with van der Waals surface area (Å²) in [6, 6.07) is 11.5. The fourth-order valence-electron chi connectivity index (χ4n) is 6.80. The average molecular weight is 657 g/mol. The third kappa shape index (κ3) is 7.07. The maximum atomic E-state index is 13.8. The van der Waals surface area contributed by atoms with Gasteiger partial charge in [0.15, 0.2) is 0 Å². The Hall–Kier alpha value is -2.95. The lowest BCUT2D eigenvalue weighted by Crippen LogP contribution is -2.73. The molecule has 3 aliphatic rings. The Kier molecular flexibility index (Phi) is 9.78. The van der Waals surface area contributed by atoms with Gasteiger partial charge in [0, 0.05) is 32.6 Å². The lowest BCUT2D eigenvalue weighted by atomic mass is 9.77. The first kappa shape index (κ1) is 31.5. The van der Waals surface area contributed by atoms with E-state index in [1.54, 1.807) is 12.1 Å². The van der Waals surface area contributed by atoms with Gasteiger partial charge >= 0.3 is 5.97 Å². The molecule has 1 spiro atoms. The van der Waals surface area contributed by atoms with Crippen LogP contribution in [0.15, 0.2) is 46.9 Å². The van der Waals surface area contributed by atoms with Crippen molar-refractivity contribution < 1.29 is 29.3 Å². The first-order valence-electron chi connectivity index (χ1n) is 15.5. The van der Waals surface area contributed by atoms with Crippen molar-refractivity contribution in [3.63, 3.8) is 0 Å². The molecule has 9 nitrogen and oxygen atoms in total. The van der Waals surface area contributed by atoms with Gasteiger partial charge in [-0.3, -0.25) is 14.5 Å². The Labute approximate surface area is 261 Å². The third-order valence-electron chi connectivity index (χ3n) is 9.33. The number of nitrogens with zero attached hydrogens (tertiary/aromatic N) is 2. The second-order valence-corrected chi connectivity index (χ2v) is 13.2. The Morgan fingerprint density at radius 1 is 1.05 bits per heavy atom. The number of aliphatic hydroxyl groups is 1. The lowest BCUT2D eigenvalue weighted by Gasteiger charge is -2.52. The minimum atomic E-state index is -0.983. The zero-order chi connectivity index (χ0) is 30.6. The van der Waals surface area contributed by atoms with Crippen molar-refractivity contribution in [2.75, 3.05) is 19.6 Å². The van der Waals surface area contributed by atoms with Crippen molar-refractivity contribution >= 4 is 33.7 Å². The molecular weight excluding hydrogens is 614 g/mol. The highest BCUT2D eigenvalue weighted by Crippen LogP contribution is 2.38. The van der Waals surface area contributed by atoms with E-state index in [4.69, 9.17) is 9.84 Å². The molecular formula is C33H42BrN3O6. The highest BCUT2D eigenvalue weighted by atomic mass is 79.9.